The zero-order valence-corrected chi connectivity index (χ0v) is 18.6. The van der Waals surface area contributed by atoms with E-state index in [1.54, 1.807) is 0 Å². The maximum absolute atomic E-state index is 12.6. The topological polar surface area (TPSA) is 41.1 Å². The Morgan fingerprint density at radius 1 is 0.793 bits per heavy atom. The third-order valence-corrected chi connectivity index (χ3v) is 5.48. The SMILES string of the molecule is O=C(NC(Nc1ccc(-c2ccccc2)cc1)C(Cl)(Cl)Cl)c1ccc(Cl)c(Cl)c1. The fourth-order valence-electron chi connectivity index (χ4n) is 2.61. The fourth-order valence-corrected chi connectivity index (χ4v) is 3.23. The number of halogens is 5. The second-order valence-corrected chi connectivity index (χ2v) is 9.35. The molecule has 0 radical (unpaired) electrons. The third-order valence-electron chi connectivity index (χ3n) is 4.09. The van der Waals surface area contributed by atoms with E-state index in [0.29, 0.717) is 16.3 Å². The summed E-state index contributed by atoms with van der Waals surface area (Å²) in [6.45, 7) is 0. The first-order valence-corrected chi connectivity index (χ1v) is 10.4. The second kappa shape index (κ2) is 9.46. The van der Waals surface area contributed by atoms with E-state index in [0.717, 1.165) is 11.1 Å². The molecule has 0 aliphatic carbocycles. The lowest BCUT2D eigenvalue weighted by molar-refractivity contribution is 0.0942. The van der Waals surface area contributed by atoms with Gasteiger partial charge in [-0.15, -0.1) is 0 Å². The van der Waals surface area contributed by atoms with Gasteiger partial charge in [0.1, 0.15) is 6.17 Å². The van der Waals surface area contributed by atoms with E-state index >= 15 is 0 Å². The molecule has 1 amide bonds. The van der Waals surface area contributed by atoms with Crippen LogP contribution in [0, 0.1) is 0 Å². The summed E-state index contributed by atoms with van der Waals surface area (Å²) in [5, 5.41) is 6.31. The highest BCUT2D eigenvalue weighted by molar-refractivity contribution is 6.68. The number of nitrogens with one attached hydrogen (secondary N) is 2. The van der Waals surface area contributed by atoms with Crippen LogP contribution in [0.1, 0.15) is 10.4 Å². The van der Waals surface area contributed by atoms with Crippen LogP contribution in [-0.2, 0) is 0 Å². The van der Waals surface area contributed by atoms with Crippen molar-refractivity contribution in [2.75, 3.05) is 5.32 Å². The predicted molar refractivity (Wildman–Crippen MR) is 124 cm³/mol. The molecule has 0 bridgehead atoms. The number of alkyl halides is 3. The van der Waals surface area contributed by atoms with Crippen LogP contribution in [0.15, 0.2) is 72.8 Å². The van der Waals surface area contributed by atoms with Gasteiger partial charge in [-0.05, 0) is 41.5 Å². The minimum absolute atomic E-state index is 0.259. The molecule has 3 aromatic rings. The molecule has 8 heteroatoms. The van der Waals surface area contributed by atoms with Gasteiger partial charge in [-0.1, -0.05) is 100 Å². The van der Waals surface area contributed by atoms with Crippen molar-refractivity contribution < 1.29 is 4.79 Å². The molecule has 0 heterocycles. The maximum Gasteiger partial charge on any atom is 0.253 e. The van der Waals surface area contributed by atoms with Crippen LogP contribution >= 0.6 is 58.0 Å². The lowest BCUT2D eigenvalue weighted by atomic mass is 10.1. The molecule has 150 valence electrons. The van der Waals surface area contributed by atoms with Crippen molar-refractivity contribution in [1.82, 2.24) is 5.32 Å². The van der Waals surface area contributed by atoms with Gasteiger partial charge in [-0.3, -0.25) is 4.79 Å². The quantitative estimate of drug-likeness (QED) is 0.295. The summed E-state index contributed by atoms with van der Waals surface area (Å²) in [4.78, 5) is 12.6. The highest BCUT2D eigenvalue weighted by Gasteiger charge is 2.34. The van der Waals surface area contributed by atoms with Gasteiger partial charge in [-0.2, -0.15) is 0 Å². The van der Waals surface area contributed by atoms with E-state index in [2.05, 4.69) is 10.6 Å². The molecule has 0 fully saturated rings. The first-order valence-electron chi connectivity index (χ1n) is 8.49. The summed E-state index contributed by atoms with van der Waals surface area (Å²) in [7, 11) is 0. The number of amides is 1. The van der Waals surface area contributed by atoms with Crippen LogP contribution in [0.5, 0.6) is 0 Å². The van der Waals surface area contributed by atoms with Crippen LogP contribution in [0.4, 0.5) is 5.69 Å². The van der Waals surface area contributed by atoms with Crippen molar-refractivity contribution in [3.05, 3.63) is 88.4 Å². The van der Waals surface area contributed by atoms with E-state index < -0.39 is 15.9 Å². The number of carbonyl (C=O) groups is 1. The van der Waals surface area contributed by atoms with Gasteiger partial charge in [0.25, 0.3) is 5.91 Å². The minimum Gasteiger partial charge on any atom is -0.362 e. The monoisotopic (exact) mass is 486 g/mol. The number of benzene rings is 3. The molecule has 29 heavy (non-hydrogen) atoms. The Hall–Kier alpha value is -1.62. The lowest BCUT2D eigenvalue weighted by Crippen LogP contribution is -2.49. The molecule has 3 nitrogen and oxygen atoms in total. The Kier molecular flexibility index (Phi) is 7.20. The van der Waals surface area contributed by atoms with Gasteiger partial charge in [0.05, 0.1) is 10.0 Å². The molecule has 0 aliphatic heterocycles. The van der Waals surface area contributed by atoms with Crippen LogP contribution in [0.2, 0.25) is 10.0 Å². The van der Waals surface area contributed by atoms with E-state index in [1.807, 2.05) is 54.6 Å². The van der Waals surface area contributed by atoms with E-state index in [9.17, 15) is 4.79 Å². The maximum atomic E-state index is 12.6. The highest BCUT2D eigenvalue weighted by Crippen LogP contribution is 2.32. The van der Waals surface area contributed by atoms with Crippen molar-refractivity contribution in [2.45, 2.75) is 9.96 Å². The normalized spacial score (nSPS) is 12.3. The van der Waals surface area contributed by atoms with Gasteiger partial charge in [0, 0.05) is 11.3 Å². The third kappa shape index (κ3) is 5.94. The number of carbonyl (C=O) groups excluding carboxylic acids is 1. The molecule has 1 atom stereocenters. The minimum atomic E-state index is -1.80. The molecule has 0 saturated heterocycles. The van der Waals surface area contributed by atoms with Crippen molar-refractivity contribution >= 4 is 69.6 Å². The molecule has 0 aliphatic rings. The van der Waals surface area contributed by atoms with Crippen molar-refractivity contribution in [2.24, 2.45) is 0 Å². The van der Waals surface area contributed by atoms with Crippen molar-refractivity contribution in [3.8, 4) is 11.1 Å². The molecule has 0 spiro atoms. The molecule has 3 rings (SSSR count). The largest absolute Gasteiger partial charge is 0.362 e. The van der Waals surface area contributed by atoms with Crippen LogP contribution in [0.25, 0.3) is 11.1 Å². The van der Waals surface area contributed by atoms with Gasteiger partial charge in [-0.25, -0.2) is 0 Å². The second-order valence-electron chi connectivity index (χ2n) is 6.16. The Morgan fingerprint density at radius 3 is 2.00 bits per heavy atom. The molecule has 0 aromatic heterocycles. The molecule has 3 aromatic carbocycles. The Labute approximate surface area is 193 Å². The number of rotatable bonds is 5. The van der Waals surface area contributed by atoms with Crippen LogP contribution < -0.4 is 10.6 Å². The highest BCUT2D eigenvalue weighted by atomic mass is 35.6. The van der Waals surface area contributed by atoms with Crippen molar-refractivity contribution in [1.29, 1.82) is 0 Å². The number of anilines is 1. The summed E-state index contributed by atoms with van der Waals surface area (Å²) in [6, 6.07) is 22.0. The van der Waals surface area contributed by atoms with Gasteiger partial charge >= 0.3 is 0 Å². The standard InChI is InChI=1S/C21H15Cl5N2O/c22-17-11-8-15(12-18(17)23)19(29)28-20(21(24,25)26)27-16-9-6-14(7-10-16)13-4-2-1-3-5-13/h1-12,20,27H,(H,28,29). The first-order chi connectivity index (χ1) is 13.7. The summed E-state index contributed by atoms with van der Waals surface area (Å²) >= 11 is 30.1. The summed E-state index contributed by atoms with van der Waals surface area (Å²) < 4.78 is -1.80. The van der Waals surface area contributed by atoms with E-state index in [1.165, 1.54) is 18.2 Å². The Morgan fingerprint density at radius 2 is 1.41 bits per heavy atom. The summed E-state index contributed by atoms with van der Waals surface area (Å²) in [5.41, 5.74) is 3.10. The van der Waals surface area contributed by atoms with Gasteiger partial charge in [0.2, 0.25) is 3.79 Å². The van der Waals surface area contributed by atoms with E-state index in [-0.39, 0.29) is 5.02 Å². The van der Waals surface area contributed by atoms with Crippen LogP contribution in [0.3, 0.4) is 0 Å². The molecular weight excluding hydrogens is 474 g/mol. The first kappa shape index (κ1) is 22.1. The van der Waals surface area contributed by atoms with E-state index in [4.69, 9.17) is 58.0 Å². The summed E-state index contributed by atoms with van der Waals surface area (Å²) in [6.07, 6.45) is -0.989. The Bertz CT molecular complexity index is 988. The summed E-state index contributed by atoms with van der Waals surface area (Å²) in [5.74, 6) is -0.465. The molecular formula is C21H15Cl5N2O. The average Bonchev–Trinajstić information content (AvgIpc) is 2.70. The lowest BCUT2D eigenvalue weighted by Gasteiger charge is -2.27. The van der Waals surface area contributed by atoms with Gasteiger partial charge < -0.3 is 10.6 Å². The predicted octanol–water partition coefficient (Wildman–Crippen LogP) is 7.20. The van der Waals surface area contributed by atoms with Crippen LogP contribution in [-0.4, -0.2) is 15.9 Å². The smallest absolute Gasteiger partial charge is 0.253 e. The van der Waals surface area contributed by atoms with Gasteiger partial charge in [0.15, 0.2) is 0 Å². The number of hydrogen-bond acceptors (Lipinski definition) is 2. The number of hydrogen-bond donors (Lipinski definition) is 2. The zero-order valence-electron chi connectivity index (χ0n) is 14.8. The molecule has 0 saturated carbocycles. The fraction of sp³-hybridized carbons (Fsp3) is 0.0952. The Balaban J connectivity index is 1.75. The average molecular weight is 489 g/mol. The van der Waals surface area contributed by atoms with Crippen molar-refractivity contribution in [3.63, 3.8) is 0 Å². The molecule has 1 unspecified atom stereocenters. The zero-order chi connectivity index (χ0) is 21.0. The molecule has 2 N–H and O–H groups in total.